The van der Waals surface area contributed by atoms with Crippen molar-refractivity contribution < 1.29 is 9.84 Å². The molecule has 1 heterocycles. The van der Waals surface area contributed by atoms with E-state index in [-0.39, 0.29) is 0 Å². The van der Waals surface area contributed by atoms with Crippen LogP contribution in [0.4, 0.5) is 11.4 Å². The molecule has 1 aliphatic rings. The molecule has 1 aromatic rings. The molecule has 1 fully saturated rings. The van der Waals surface area contributed by atoms with Gasteiger partial charge in [-0.05, 0) is 24.6 Å². The van der Waals surface area contributed by atoms with Crippen molar-refractivity contribution in [1.29, 1.82) is 0 Å². The van der Waals surface area contributed by atoms with Gasteiger partial charge in [0, 0.05) is 51.0 Å². The fraction of sp³-hybridized carbons (Fsp3) is 0.571. The summed E-state index contributed by atoms with van der Waals surface area (Å²) in [6.07, 6.45) is 1.39. The van der Waals surface area contributed by atoms with Crippen LogP contribution in [0.1, 0.15) is 18.4 Å². The van der Waals surface area contributed by atoms with Gasteiger partial charge < -0.3 is 20.5 Å². The molecule has 0 aliphatic carbocycles. The average molecular weight is 250 g/mol. The van der Waals surface area contributed by atoms with E-state index in [0.29, 0.717) is 32.6 Å². The molecule has 0 unspecified atom stereocenters. The highest BCUT2D eigenvalue weighted by Crippen LogP contribution is 2.28. The minimum atomic E-state index is -0.649. The van der Waals surface area contributed by atoms with Gasteiger partial charge in [-0.15, -0.1) is 0 Å². The first kappa shape index (κ1) is 13.2. The summed E-state index contributed by atoms with van der Waals surface area (Å²) >= 11 is 0. The Morgan fingerprint density at radius 1 is 1.39 bits per heavy atom. The molecule has 0 radical (unpaired) electrons. The molecule has 4 nitrogen and oxygen atoms in total. The van der Waals surface area contributed by atoms with Crippen molar-refractivity contribution in [3.63, 3.8) is 0 Å². The molecular formula is C14H22N2O2. The number of benzene rings is 1. The van der Waals surface area contributed by atoms with Crippen LogP contribution in [-0.4, -0.2) is 37.5 Å². The van der Waals surface area contributed by atoms with Gasteiger partial charge in [-0.3, -0.25) is 0 Å². The number of anilines is 2. The molecule has 18 heavy (non-hydrogen) atoms. The third-order valence-corrected chi connectivity index (χ3v) is 3.71. The summed E-state index contributed by atoms with van der Waals surface area (Å²) in [5.74, 6) is 0. The quantitative estimate of drug-likeness (QED) is 0.799. The van der Waals surface area contributed by atoms with E-state index >= 15 is 0 Å². The van der Waals surface area contributed by atoms with Crippen molar-refractivity contribution >= 4 is 11.4 Å². The summed E-state index contributed by atoms with van der Waals surface area (Å²) in [4.78, 5) is 2.08. The fourth-order valence-electron chi connectivity index (χ4n) is 2.49. The van der Waals surface area contributed by atoms with Crippen molar-refractivity contribution in [3.05, 3.63) is 23.8 Å². The van der Waals surface area contributed by atoms with Crippen molar-refractivity contribution in [2.24, 2.45) is 0 Å². The zero-order valence-corrected chi connectivity index (χ0v) is 11.1. The molecule has 0 atom stereocenters. The molecule has 0 spiro atoms. The lowest BCUT2D eigenvalue weighted by atomic mass is 9.93. The molecule has 2 rings (SSSR count). The Morgan fingerprint density at radius 2 is 2.06 bits per heavy atom. The predicted molar refractivity (Wildman–Crippen MR) is 73.9 cm³/mol. The highest BCUT2D eigenvalue weighted by molar-refractivity contribution is 5.63. The van der Waals surface area contributed by atoms with Crippen LogP contribution < -0.4 is 10.6 Å². The third-order valence-electron chi connectivity index (χ3n) is 3.71. The van der Waals surface area contributed by atoms with Crippen molar-refractivity contribution in [1.82, 2.24) is 0 Å². The number of likely N-dealkylation sites (N-methyl/N-ethyl adjacent to an activating group) is 1. The number of hydrogen-bond acceptors (Lipinski definition) is 4. The van der Waals surface area contributed by atoms with Crippen LogP contribution in [0.3, 0.4) is 0 Å². The number of nitrogens with two attached hydrogens (primary N) is 1. The maximum atomic E-state index is 10.5. The van der Waals surface area contributed by atoms with Crippen LogP contribution in [0.2, 0.25) is 0 Å². The molecule has 1 aromatic carbocycles. The van der Waals surface area contributed by atoms with Gasteiger partial charge in [0.05, 0.1) is 5.60 Å². The van der Waals surface area contributed by atoms with Crippen LogP contribution >= 0.6 is 0 Å². The smallest absolute Gasteiger partial charge is 0.0865 e. The summed E-state index contributed by atoms with van der Waals surface area (Å²) in [7, 11) is 2.00. The maximum absolute atomic E-state index is 10.5. The van der Waals surface area contributed by atoms with E-state index in [0.717, 1.165) is 16.9 Å². The van der Waals surface area contributed by atoms with Crippen molar-refractivity contribution in [2.45, 2.75) is 25.4 Å². The SMILES string of the molecule is Cc1c(N)cccc1N(C)CC1(O)CCOCC1. The third kappa shape index (κ3) is 2.76. The molecule has 1 aliphatic heterocycles. The van der Waals surface area contributed by atoms with Crippen LogP contribution in [-0.2, 0) is 4.74 Å². The largest absolute Gasteiger partial charge is 0.398 e. The summed E-state index contributed by atoms with van der Waals surface area (Å²) in [6.45, 7) is 3.90. The van der Waals surface area contributed by atoms with E-state index < -0.39 is 5.60 Å². The summed E-state index contributed by atoms with van der Waals surface area (Å²) < 4.78 is 5.30. The summed E-state index contributed by atoms with van der Waals surface area (Å²) in [5, 5.41) is 10.5. The van der Waals surface area contributed by atoms with E-state index in [2.05, 4.69) is 4.90 Å². The lowest BCUT2D eigenvalue weighted by Crippen LogP contribution is -2.45. The minimum Gasteiger partial charge on any atom is -0.398 e. The Labute approximate surface area is 108 Å². The number of nitrogens with zero attached hydrogens (tertiary/aromatic N) is 1. The van der Waals surface area contributed by atoms with Crippen LogP contribution in [0.25, 0.3) is 0 Å². The molecule has 1 saturated heterocycles. The molecule has 0 saturated carbocycles. The Kier molecular flexibility index (Phi) is 3.78. The first-order valence-corrected chi connectivity index (χ1v) is 6.38. The topological polar surface area (TPSA) is 58.7 Å². The Morgan fingerprint density at radius 3 is 2.72 bits per heavy atom. The monoisotopic (exact) mass is 250 g/mol. The molecule has 3 N–H and O–H groups in total. The van der Waals surface area contributed by atoms with Crippen molar-refractivity contribution in [3.8, 4) is 0 Å². The van der Waals surface area contributed by atoms with Gasteiger partial charge >= 0.3 is 0 Å². The minimum absolute atomic E-state index is 0.612. The highest BCUT2D eigenvalue weighted by atomic mass is 16.5. The molecule has 0 aromatic heterocycles. The van der Waals surface area contributed by atoms with Gasteiger partial charge in [-0.1, -0.05) is 6.07 Å². The average Bonchev–Trinajstić information content (AvgIpc) is 2.33. The van der Waals surface area contributed by atoms with Gasteiger partial charge in [0.25, 0.3) is 0 Å². The zero-order chi connectivity index (χ0) is 13.2. The highest BCUT2D eigenvalue weighted by Gasteiger charge is 2.31. The Hall–Kier alpha value is -1.26. The maximum Gasteiger partial charge on any atom is 0.0865 e. The molecule has 0 bridgehead atoms. The van der Waals surface area contributed by atoms with Gasteiger partial charge in [-0.2, -0.15) is 0 Å². The standard InChI is InChI=1S/C14H22N2O2/c1-11-12(15)4-3-5-13(11)16(2)10-14(17)6-8-18-9-7-14/h3-5,17H,6-10,15H2,1-2H3. The second kappa shape index (κ2) is 5.16. The van der Waals surface area contributed by atoms with Gasteiger partial charge in [-0.25, -0.2) is 0 Å². The number of aliphatic hydroxyl groups is 1. The lowest BCUT2D eigenvalue weighted by Gasteiger charge is -2.36. The second-order valence-electron chi connectivity index (χ2n) is 5.18. The predicted octanol–water partition coefficient (Wildman–Crippen LogP) is 1.55. The van der Waals surface area contributed by atoms with Gasteiger partial charge in [0.2, 0.25) is 0 Å². The van der Waals surface area contributed by atoms with E-state index in [9.17, 15) is 5.11 Å². The van der Waals surface area contributed by atoms with Crippen LogP contribution in [0, 0.1) is 6.92 Å². The summed E-state index contributed by atoms with van der Waals surface area (Å²) in [5.41, 5.74) is 8.20. The van der Waals surface area contributed by atoms with E-state index in [1.165, 1.54) is 0 Å². The van der Waals surface area contributed by atoms with Gasteiger partial charge in [0.1, 0.15) is 0 Å². The normalized spacial score (nSPS) is 18.6. The first-order chi connectivity index (χ1) is 8.52. The second-order valence-corrected chi connectivity index (χ2v) is 5.18. The number of ether oxygens (including phenoxy) is 1. The number of rotatable bonds is 3. The van der Waals surface area contributed by atoms with Crippen molar-refractivity contribution in [2.75, 3.05) is 37.4 Å². The van der Waals surface area contributed by atoms with Crippen LogP contribution in [0.5, 0.6) is 0 Å². The van der Waals surface area contributed by atoms with Crippen LogP contribution in [0.15, 0.2) is 18.2 Å². The zero-order valence-electron chi connectivity index (χ0n) is 11.1. The molecule has 4 heteroatoms. The summed E-state index contributed by atoms with van der Waals surface area (Å²) in [6, 6.07) is 5.88. The first-order valence-electron chi connectivity index (χ1n) is 6.38. The Balaban J connectivity index is 2.11. The molecular weight excluding hydrogens is 228 g/mol. The van der Waals surface area contributed by atoms with E-state index in [4.69, 9.17) is 10.5 Å². The lowest BCUT2D eigenvalue weighted by molar-refractivity contribution is -0.0572. The number of nitrogen functional groups attached to an aromatic ring is 1. The van der Waals surface area contributed by atoms with E-state index in [1.54, 1.807) is 0 Å². The van der Waals surface area contributed by atoms with E-state index in [1.807, 2.05) is 32.2 Å². The number of hydrogen-bond donors (Lipinski definition) is 2. The fourth-order valence-corrected chi connectivity index (χ4v) is 2.49. The molecule has 100 valence electrons. The molecule has 0 amide bonds. The Bertz CT molecular complexity index is 414. The van der Waals surface area contributed by atoms with Gasteiger partial charge in [0.15, 0.2) is 0 Å².